The molecule has 8 heteroatoms. The van der Waals surface area contributed by atoms with Gasteiger partial charge in [0.05, 0.1) is 5.41 Å². The maximum absolute atomic E-state index is 12.0. The third-order valence-electron chi connectivity index (χ3n) is 3.51. The second kappa shape index (κ2) is 5.12. The Bertz CT molecular complexity index is 504. The van der Waals surface area contributed by atoms with E-state index in [9.17, 15) is 14.7 Å². The monoisotopic (exact) mass is 284 g/mol. The highest BCUT2D eigenvalue weighted by Gasteiger charge is 2.44. The summed E-state index contributed by atoms with van der Waals surface area (Å²) in [5.74, 6) is -0.229. The van der Waals surface area contributed by atoms with E-state index in [2.05, 4.69) is 14.7 Å². The third kappa shape index (κ3) is 2.67. The van der Waals surface area contributed by atoms with Crippen molar-refractivity contribution in [1.29, 1.82) is 0 Å². The first-order valence-corrected chi connectivity index (χ1v) is 6.84. The fourth-order valence-electron chi connectivity index (χ4n) is 2.18. The Balaban J connectivity index is 2.00. The molecule has 1 fully saturated rings. The van der Waals surface area contributed by atoms with Crippen LogP contribution in [0.15, 0.2) is 0 Å². The lowest BCUT2D eigenvalue weighted by atomic mass is 9.84. The summed E-state index contributed by atoms with van der Waals surface area (Å²) in [6, 6.07) is -0.312. The second-order valence-corrected chi connectivity index (χ2v) is 5.44. The molecule has 0 aliphatic carbocycles. The SMILES string of the molecule is CCC1(C(=O)O)CCN(C(=O)Nc2nc(C)ns2)C1. The van der Waals surface area contributed by atoms with Crippen molar-refractivity contribution >= 4 is 28.7 Å². The normalized spacial score (nSPS) is 22.5. The molecule has 19 heavy (non-hydrogen) atoms. The number of nitrogens with zero attached hydrogens (tertiary/aromatic N) is 3. The molecule has 1 aliphatic rings. The molecule has 1 aliphatic heterocycles. The number of carboxylic acids is 1. The molecule has 104 valence electrons. The number of hydrogen-bond donors (Lipinski definition) is 2. The number of urea groups is 1. The quantitative estimate of drug-likeness (QED) is 0.878. The van der Waals surface area contributed by atoms with Crippen molar-refractivity contribution in [3.63, 3.8) is 0 Å². The summed E-state index contributed by atoms with van der Waals surface area (Å²) in [6.45, 7) is 4.27. The van der Waals surface area contributed by atoms with Crippen LogP contribution in [0.2, 0.25) is 0 Å². The predicted octanol–water partition coefficient (Wildman–Crippen LogP) is 1.57. The van der Waals surface area contributed by atoms with Gasteiger partial charge in [-0.3, -0.25) is 10.1 Å². The molecule has 2 N–H and O–H groups in total. The highest BCUT2D eigenvalue weighted by Crippen LogP contribution is 2.34. The highest BCUT2D eigenvalue weighted by atomic mass is 32.1. The standard InChI is InChI=1S/C11H16N4O3S/c1-3-11(8(16)17)4-5-15(6-11)10(18)13-9-12-7(2)14-19-9/h3-6H2,1-2H3,(H,16,17)(H,12,13,14,18). The number of nitrogens with one attached hydrogen (secondary N) is 1. The molecule has 7 nitrogen and oxygen atoms in total. The molecule has 0 saturated carbocycles. The summed E-state index contributed by atoms with van der Waals surface area (Å²) in [5.41, 5.74) is -0.811. The number of amides is 2. The number of rotatable bonds is 3. The van der Waals surface area contributed by atoms with Gasteiger partial charge in [0.25, 0.3) is 0 Å². The van der Waals surface area contributed by atoms with Crippen molar-refractivity contribution in [3.8, 4) is 0 Å². The van der Waals surface area contributed by atoms with Gasteiger partial charge in [0.15, 0.2) is 0 Å². The van der Waals surface area contributed by atoms with Crippen LogP contribution in [0, 0.1) is 12.3 Å². The van der Waals surface area contributed by atoms with E-state index in [0.29, 0.717) is 30.3 Å². The Morgan fingerprint density at radius 3 is 2.79 bits per heavy atom. The van der Waals surface area contributed by atoms with Crippen LogP contribution in [0.3, 0.4) is 0 Å². The lowest BCUT2D eigenvalue weighted by molar-refractivity contribution is -0.148. The fourth-order valence-corrected chi connectivity index (χ4v) is 2.74. The zero-order chi connectivity index (χ0) is 14.0. The summed E-state index contributed by atoms with van der Waals surface area (Å²) in [7, 11) is 0. The van der Waals surface area contributed by atoms with Gasteiger partial charge < -0.3 is 10.0 Å². The van der Waals surface area contributed by atoms with Gasteiger partial charge in [0.1, 0.15) is 5.82 Å². The van der Waals surface area contributed by atoms with E-state index >= 15 is 0 Å². The van der Waals surface area contributed by atoms with Crippen molar-refractivity contribution in [2.24, 2.45) is 5.41 Å². The molecule has 2 heterocycles. The zero-order valence-corrected chi connectivity index (χ0v) is 11.7. The van der Waals surface area contributed by atoms with Gasteiger partial charge in [-0.25, -0.2) is 9.78 Å². The molecule has 0 bridgehead atoms. The van der Waals surface area contributed by atoms with Crippen LogP contribution in [-0.4, -0.2) is 44.5 Å². The lowest BCUT2D eigenvalue weighted by Crippen LogP contribution is -2.38. The van der Waals surface area contributed by atoms with E-state index in [1.807, 2.05) is 6.92 Å². The van der Waals surface area contributed by atoms with Crippen molar-refractivity contribution < 1.29 is 14.7 Å². The summed E-state index contributed by atoms with van der Waals surface area (Å²) < 4.78 is 3.97. The molecule has 2 rings (SSSR count). The topological polar surface area (TPSA) is 95.4 Å². The molecule has 0 aromatic carbocycles. The molecule has 1 saturated heterocycles. The van der Waals surface area contributed by atoms with E-state index < -0.39 is 11.4 Å². The van der Waals surface area contributed by atoms with Gasteiger partial charge in [-0.2, -0.15) is 4.37 Å². The number of aromatic nitrogens is 2. The van der Waals surface area contributed by atoms with Crippen LogP contribution in [0.5, 0.6) is 0 Å². The smallest absolute Gasteiger partial charge is 0.323 e. The molecule has 2 amide bonds. The molecule has 1 aromatic heterocycles. The highest BCUT2D eigenvalue weighted by molar-refractivity contribution is 7.09. The van der Waals surface area contributed by atoms with E-state index in [4.69, 9.17) is 0 Å². The van der Waals surface area contributed by atoms with Crippen LogP contribution >= 0.6 is 11.5 Å². The Kier molecular flexibility index (Phi) is 3.70. The van der Waals surface area contributed by atoms with E-state index in [0.717, 1.165) is 11.5 Å². The van der Waals surface area contributed by atoms with Crippen molar-refractivity contribution in [2.75, 3.05) is 18.4 Å². The largest absolute Gasteiger partial charge is 0.481 e. The van der Waals surface area contributed by atoms with Gasteiger partial charge in [0.2, 0.25) is 5.13 Å². The first-order valence-electron chi connectivity index (χ1n) is 6.06. The summed E-state index contributed by atoms with van der Waals surface area (Å²) in [5, 5.41) is 12.4. The van der Waals surface area contributed by atoms with Crippen LogP contribution in [0.4, 0.5) is 9.93 Å². The second-order valence-electron chi connectivity index (χ2n) is 4.69. The van der Waals surface area contributed by atoms with Crippen molar-refractivity contribution in [1.82, 2.24) is 14.3 Å². The number of aryl methyl sites for hydroxylation is 1. The van der Waals surface area contributed by atoms with Crippen molar-refractivity contribution in [2.45, 2.75) is 26.7 Å². The Morgan fingerprint density at radius 2 is 2.32 bits per heavy atom. The molecule has 1 unspecified atom stereocenters. The minimum atomic E-state index is -0.836. The van der Waals surface area contributed by atoms with Gasteiger partial charge in [-0.15, -0.1) is 0 Å². The number of aliphatic carboxylic acids is 1. The zero-order valence-electron chi connectivity index (χ0n) is 10.8. The predicted molar refractivity (Wildman–Crippen MR) is 70.2 cm³/mol. The lowest BCUT2D eigenvalue weighted by Gasteiger charge is -2.22. The Labute approximate surface area is 114 Å². The number of carbonyl (C=O) groups is 2. The van der Waals surface area contributed by atoms with E-state index in [1.165, 1.54) is 4.90 Å². The van der Waals surface area contributed by atoms with Gasteiger partial charge in [-0.05, 0) is 19.8 Å². The maximum Gasteiger partial charge on any atom is 0.323 e. The number of hydrogen-bond acceptors (Lipinski definition) is 5. The number of carbonyl (C=O) groups excluding carboxylic acids is 1. The Hall–Kier alpha value is -1.70. The molecule has 0 spiro atoms. The van der Waals surface area contributed by atoms with Crippen LogP contribution in [0.1, 0.15) is 25.6 Å². The minimum Gasteiger partial charge on any atom is -0.481 e. The molecule has 1 atom stereocenters. The number of anilines is 1. The average molecular weight is 284 g/mol. The maximum atomic E-state index is 12.0. The van der Waals surface area contributed by atoms with Gasteiger partial charge in [-0.1, -0.05) is 6.92 Å². The fraction of sp³-hybridized carbons (Fsp3) is 0.636. The first kappa shape index (κ1) is 13.7. The summed E-state index contributed by atoms with van der Waals surface area (Å²) in [6.07, 6.45) is 1.01. The van der Waals surface area contributed by atoms with Gasteiger partial charge >= 0.3 is 12.0 Å². The molecule has 1 aromatic rings. The number of carboxylic acid groups (broad SMARTS) is 1. The van der Waals surface area contributed by atoms with Crippen molar-refractivity contribution in [3.05, 3.63) is 5.82 Å². The van der Waals surface area contributed by atoms with E-state index in [1.54, 1.807) is 6.92 Å². The van der Waals surface area contributed by atoms with Crippen LogP contribution in [0.25, 0.3) is 0 Å². The molecular formula is C11H16N4O3S. The van der Waals surface area contributed by atoms with Crippen LogP contribution in [-0.2, 0) is 4.79 Å². The first-order chi connectivity index (χ1) is 8.97. The summed E-state index contributed by atoms with van der Waals surface area (Å²) >= 11 is 1.11. The van der Waals surface area contributed by atoms with Gasteiger partial charge in [0, 0.05) is 24.6 Å². The number of likely N-dealkylation sites (tertiary alicyclic amines) is 1. The average Bonchev–Trinajstić information content (AvgIpc) is 2.96. The molecular weight excluding hydrogens is 268 g/mol. The minimum absolute atomic E-state index is 0.239. The van der Waals surface area contributed by atoms with Crippen LogP contribution < -0.4 is 5.32 Å². The Morgan fingerprint density at radius 1 is 1.58 bits per heavy atom. The third-order valence-corrected chi connectivity index (χ3v) is 4.23. The molecule has 0 radical (unpaired) electrons. The summed E-state index contributed by atoms with van der Waals surface area (Å²) in [4.78, 5) is 28.9. The van der Waals surface area contributed by atoms with E-state index in [-0.39, 0.29) is 12.6 Å².